The molecule has 0 saturated carbocycles. The zero-order chi connectivity index (χ0) is 18.4. The molecule has 0 aliphatic carbocycles. The number of para-hydroxylation sites is 1. The number of ether oxygens (including phenoxy) is 1. The largest absolute Gasteiger partial charge is 0.379 e. The van der Waals surface area contributed by atoms with Gasteiger partial charge in [0.05, 0.1) is 24.1 Å². The number of hydrogen-bond acceptors (Lipinski definition) is 5. The smallest absolute Gasteiger partial charge is 0.260 e. The monoisotopic (exact) mass is 358 g/mol. The molecule has 4 rings (SSSR count). The molecule has 2 aliphatic rings. The second-order valence-electron chi connectivity index (χ2n) is 6.75. The van der Waals surface area contributed by atoms with Crippen LogP contribution < -0.4 is 10.5 Å². The Labute approximate surface area is 155 Å². The van der Waals surface area contributed by atoms with Gasteiger partial charge in [0.1, 0.15) is 0 Å². The molecule has 3 heterocycles. The van der Waals surface area contributed by atoms with Gasteiger partial charge < -0.3 is 9.64 Å². The minimum atomic E-state index is -0.0500. The predicted octanol–water partition coefficient (Wildman–Crippen LogP) is 2.50. The van der Waals surface area contributed by atoms with Crippen molar-refractivity contribution in [2.45, 2.75) is 26.7 Å². The number of nitrogens with zero attached hydrogens (tertiary/aromatic N) is 3. The number of nitrogens with one attached hydrogen (secondary N) is 1. The van der Waals surface area contributed by atoms with Crippen LogP contribution >= 0.6 is 0 Å². The molecule has 26 heavy (non-hydrogen) atoms. The number of piperidine rings is 1. The Morgan fingerprint density at radius 2 is 1.81 bits per heavy atom. The molecule has 0 amide bonds. The van der Waals surface area contributed by atoms with Gasteiger partial charge in [-0.1, -0.05) is 26.0 Å². The maximum absolute atomic E-state index is 12.2. The molecule has 1 aromatic carbocycles. The Balaban J connectivity index is 0.000000948. The van der Waals surface area contributed by atoms with Gasteiger partial charge in [-0.3, -0.25) is 14.7 Å². The number of aromatic nitrogens is 2. The van der Waals surface area contributed by atoms with E-state index in [4.69, 9.17) is 4.74 Å². The molecule has 0 unspecified atom stereocenters. The first-order chi connectivity index (χ1) is 12.8. The summed E-state index contributed by atoms with van der Waals surface area (Å²) < 4.78 is 5.42. The molecule has 2 saturated heterocycles. The van der Waals surface area contributed by atoms with Crippen molar-refractivity contribution in [2.75, 3.05) is 50.8 Å². The summed E-state index contributed by atoms with van der Waals surface area (Å²) in [6, 6.07) is 7.52. The minimum Gasteiger partial charge on any atom is -0.379 e. The molecule has 2 aromatic rings. The summed E-state index contributed by atoms with van der Waals surface area (Å²) in [5.74, 6) is 1.44. The van der Waals surface area contributed by atoms with Crippen LogP contribution in [0.4, 0.5) is 5.95 Å². The Morgan fingerprint density at radius 1 is 1.12 bits per heavy atom. The SMILES string of the molecule is CC.O=c1[nH]c(N2CCC(CN3CCOCC3)CC2)nc2ccccc12. The second kappa shape index (κ2) is 9.14. The highest BCUT2D eigenvalue weighted by molar-refractivity contribution is 5.78. The molecule has 2 aliphatic heterocycles. The third-order valence-corrected chi connectivity index (χ3v) is 5.13. The Hall–Kier alpha value is -1.92. The molecule has 0 atom stereocenters. The van der Waals surface area contributed by atoms with E-state index >= 15 is 0 Å². The summed E-state index contributed by atoms with van der Waals surface area (Å²) in [6.07, 6.45) is 2.29. The first-order valence-corrected chi connectivity index (χ1v) is 9.84. The topological polar surface area (TPSA) is 61.5 Å². The van der Waals surface area contributed by atoms with Gasteiger partial charge >= 0.3 is 0 Å². The van der Waals surface area contributed by atoms with E-state index < -0.39 is 0 Å². The second-order valence-corrected chi connectivity index (χ2v) is 6.75. The molecule has 0 bridgehead atoms. The molecule has 1 N–H and O–H groups in total. The van der Waals surface area contributed by atoms with Gasteiger partial charge in [0.25, 0.3) is 5.56 Å². The van der Waals surface area contributed by atoms with Gasteiger partial charge in [-0.2, -0.15) is 0 Å². The Kier molecular flexibility index (Phi) is 6.63. The number of H-pyrrole nitrogens is 1. The highest BCUT2D eigenvalue weighted by atomic mass is 16.5. The van der Waals surface area contributed by atoms with Crippen molar-refractivity contribution in [1.82, 2.24) is 14.9 Å². The zero-order valence-corrected chi connectivity index (χ0v) is 15.9. The van der Waals surface area contributed by atoms with Crippen molar-refractivity contribution in [2.24, 2.45) is 5.92 Å². The molecule has 0 spiro atoms. The number of hydrogen-bond donors (Lipinski definition) is 1. The zero-order valence-electron chi connectivity index (χ0n) is 15.9. The quantitative estimate of drug-likeness (QED) is 0.913. The standard InChI is InChI=1S/C18H24N4O2.C2H6/c23-17-15-3-1-2-4-16(15)19-18(20-17)22-7-5-14(6-8-22)13-21-9-11-24-12-10-21;1-2/h1-4,14H,5-13H2,(H,19,20,23);1-2H3. The molecule has 0 radical (unpaired) electrons. The number of benzene rings is 1. The van der Waals surface area contributed by atoms with Crippen molar-refractivity contribution in [3.8, 4) is 0 Å². The van der Waals surface area contributed by atoms with Crippen LogP contribution in [0.2, 0.25) is 0 Å². The molecular formula is C20H30N4O2. The van der Waals surface area contributed by atoms with Crippen LogP contribution in [0.1, 0.15) is 26.7 Å². The fraction of sp³-hybridized carbons (Fsp3) is 0.600. The lowest BCUT2D eigenvalue weighted by Crippen LogP contribution is -2.43. The third kappa shape index (κ3) is 4.43. The summed E-state index contributed by atoms with van der Waals surface area (Å²) in [4.78, 5) is 24.5. The van der Waals surface area contributed by atoms with E-state index in [9.17, 15) is 4.79 Å². The molecule has 6 heteroatoms. The Bertz CT molecular complexity index is 747. The van der Waals surface area contributed by atoms with E-state index in [1.807, 2.05) is 38.1 Å². The van der Waals surface area contributed by atoms with Crippen LogP contribution in [0.3, 0.4) is 0 Å². The summed E-state index contributed by atoms with van der Waals surface area (Å²) in [5.41, 5.74) is 0.720. The van der Waals surface area contributed by atoms with Crippen molar-refractivity contribution in [3.63, 3.8) is 0 Å². The average molecular weight is 358 g/mol. The third-order valence-electron chi connectivity index (χ3n) is 5.13. The van der Waals surface area contributed by atoms with E-state index in [-0.39, 0.29) is 5.56 Å². The van der Waals surface area contributed by atoms with Gasteiger partial charge in [-0.25, -0.2) is 4.98 Å². The van der Waals surface area contributed by atoms with Crippen molar-refractivity contribution in [1.29, 1.82) is 0 Å². The number of fused-ring (bicyclic) bond motifs is 1. The first kappa shape index (κ1) is 18.9. The van der Waals surface area contributed by atoms with Crippen LogP contribution in [0.5, 0.6) is 0 Å². The maximum atomic E-state index is 12.2. The summed E-state index contributed by atoms with van der Waals surface area (Å²) >= 11 is 0. The predicted molar refractivity (Wildman–Crippen MR) is 106 cm³/mol. The number of anilines is 1. The minimum absolute atomic E-state index is 0.0500. The van der Waals surface area contributed by atoms with Crippen molar-refractivity contribution < 1.29 is 4.74 Å². The van der Waals surface area contributed by atoms with E-state index in [0.717, 1.165) is 63.7 Å². The van der Waals surface area contributed by atoms with Gasteiger partial charge in [0.2, 0.25) is 5.95 Å². The Morgan fingerprint density at radius 3 is 2.54 bits per heavy atom. The number of morpholine rings is 1. The van der Waals surface area contributed by atoms with Crippen molar-refractivity contribution in [3.05, 3.63) is 34.6 Å². The lowest BCUT2D eigenvalue weighted by atomic mass is 9.96. The molecular weight excluding hydrogens is 328 g/mol. The summed E-state index contributed by atoms with van der Waals surface area (Å²) in [7, 11) is 0. The van der Waals surface area contributed by atoms with Gasteiger partial charge in [0, 0.05) is 32.7 Å². The highest BCUT2D eigenvalue weighted by Crippen LogP contribution is 2.22. The summed E-state index contributed by atoms with van der Waals surface area (Å²) in [6.45, 7) is 10.9. The van der Waals surface area contributed by atoms with Gasteiger partial charge in [0.15, 0.2) is 0 Å². The first-order valence-electron chi connectivity index (χ1n) is 9.84. The van der Waals surface area contributed by atoms with Crippen LogP contribution in [0, 0.1) is 5.92 Å². The van der Waals surface area contributed by atoms with Crippen LogP contribution in [0.25, 0.3) is 10.9 Å². The highest BCUT2D eigenvalue weighted by Gasteiger charge is 2.23. The molecule has 6 nitrogen and oxygen atoms in total. The fourth-order valence-corrected chi connectivity index (χ4v) is 3.70. The van der Waals surface area contributed by atoms with Crippen LogP contribution in [-0.2, 0) is 4.74 Å². The van der Waals surface area contributed by atoms with E-state index in [1.165, 1.54) is 6.54 Å². The lowest BCUT2D eigenvalue weighted by Gasteiger charge is -2.36. The van der Waals surface area contributed by atoms with E-state index in [2.05, 4.69) is 19.8 Å². The van der Waals surface area contributed by atoms with Crippen LogP contribution in [0.15, 0.2) is 29.1 Å². The molecule has 142 valence electrons. The molecule has 2 fully saturated rings. The average Bonchev–Trinajstić information content (AvgIpc) is 2.71. The number of aromatic amines is 1. The fourth-order valence-electron chi connectivity index (χ4n) is 3.70. The van der Waals surface area contributed by atoms with Gasteiger partial charge in [-0.15, -0.1) is 0 Å². The normalized spacial score (nSPS) is 19.2. The van der Waals surface area contributed by atoms with E-state index in [0.29, 0.717) is 11.3 Å². The maximum Gasteiger partial charge on any atom is 0.260 e. The summed E-state index contributed by atoms with van der Waals surface area (Å²) in [5, 5.41) is 0.656. The lowest BCUT2D eigenvalue weighted by molar-refractivity contribution is 0.0289. The van der Waals surface area contributed by atoms with E-state index in [1.54, 1.807) is 0 Å². The number of rotatable bonds is 3. The van der Waals surface area contributed by atoms with Gasteiger partial charge in [-0.05, 0) is 30.9 Å². The molecule has 1 aromatic heterocycles. The van der Waals surface area contributed by atoms with Crippen LogP contribution in [-0.4, -0.2) is 60.8 Å². The van der Waals surface area contributed by atoms with Crippen molar-refractivity contribution >= 4 is 16.9 Å².